The van der Waals surface area contributed by atoms with Gasteiger partial charge in [-0.3, -0.25) is 4.79 Å². The summed E-state index contributed by atoms with van der Waals surface area (Å²) in [5.74, 6) is 0.458. The molecule has 0 aromatic heterocycles. The molecule has 4 heteroatoms. The molecule has 4 nitrogen and oxygen atoms in total. The first-order valence-electron chi connectivity index (χ1n) is 6.78. The summed E-state index contributed by atoms with van der Waals surface area (Å²) >= 11 is 0. The van der Waals surface area contributed by atoms with E-state index in [1.54, 1.807) is 0 Å². The number of Topliss-reactive ketones (excluding diaryl/α,β-unsaturated/α-hetero) is 1. The lowest BCUT2D eigenvalue weighted by atomic mass is 9.93. The highest BCUT2D eigenvalue weighted by atomic mass is 16.6. The highest BCUT2D eigenvalue weighted by Gasteiger charge is 2.38. The lowest BCUT2D eigenvalue weighted by Gasteiger charge is -2.26. The summed E-state index contributed by atoms with van der Waals surface area (Å²) in [6.07, 6.45) is 2.28. The zero-order valence-electron chi connectivity index (χ0n) is 12.1. The van der Waals surface area contributed by atoms with E-state index >= 15 is 0 Å². The molecule has 0 aromatic carbocycles. The van der Waals surface area contributed by atoms with Gasteiger partial charge in [0.1, 0.15) is 5.60 Å². The van der Waals surface area contributed by atoms with Gasteiger partial charge in [0.25, 0.3) is 0 Å². The average molecular weight is 255 g/mol. The van der Waals surface area contributed by atoms with E-state index in [0.29, 0.717) is 0 Å². The highest BCUT2D eigenvalue weighted by Crippen LogP contribution is 2.32. The number of hydrogen-bond donors (Lipinski definition) is 1. The van der Waals surface area contributed by atoms with Crippen molar-refractivity contribution in [3.63, 3.8) is 0 Å². The van der Waals surface area contributed by atoms with Gasteiger partial charge >= 0.3 is 6.09 Å². The van der Waals surface area contributed by atoms with Crippen LogP contribution < -0.4 is 5.32 Å². The summed E-state index contributed by atoms with van der Waals surface area (Å²) in [7, 11) is 0. The average Bonchev–Trinajstić information content (AvgIpc) is 3.05. The molecule has 0 aliphatic heterocycles. The SMILES string of the molecule is CCC(C)C(NC(=O)OC(C)(C)C)C(=O)C1CC1. The predicted octanol–water partition coefficient (Wildman–Crippen LogP) is 2.90. The Labute approximate surface area is 109 Å². The Kier molecular flexibility index (Phi) is 4.77. The zero-order valence-corrected chi connectivity index (χ0v) is 12.1. The van der Waals surface area contributed by atoms with Crippen LogP contribution in [0.2, 0.25) is 0 Å². The van der Waals surface area contributed by atoms with Gasteiger partial charge in [-0.2, -0.15) is 0 Å². The van der Waals surface area contributed by atoms with Crippen molar-refractivity contribution in [1.82, 2.24) is 5.32 Å². The molecule has 0 spiro atoms. The Morgan fingerprint density at radius 1 is 1.33 bits per heavy atom. The molecule has 0 heterocycles. The lowest BCUT2D eigenvalue weighted by Crippen LogP contribution is -2.47. The van der Waals surface area contributed by atoms with Crippen molar-refractivity contribution >= 4 is 11.9 Å². The molecule has 0 aromatic rings. The number of rotatable bonds is 5. The van der Waals surface area contributed by atoms with Gasteiger partial charge in [-0.1, -0.05) is 20.3 Å². The van der Waals surface area contributed by atoms with Crippen molar-refractivity contribution in [1.29, 1.82) is 0 Å². The maximum Gasteiger partial charge on any atom is 0.408 e. The summed E-state index contributed by atoms with van der Waals surface area (Å²) in [6.45, 7) is 9.45. The van der Waals surface area contributed by atoms with Gasteiger partial charge in [0.15, 0.2) is 5.78 Å². The maximum absolute atomic E-state index is 12.1. The van der Waals surface area contributed by atoms with Gasteiger partial charge in [0.05, 0.1) is 6.04 Å². The second-order valence-corrected chi connectivity index (χ2v) is 6.19. The number of amides is 1. The van der Waals surface area contributed by atoms with Crippen LogP contribution in [0.25, 0.3) is 0 Å². The second-order valence-electron chi connectivity index (χ2n) is 6.19. The first kappa shape index (κ1) is 15.0. The number of carbonyl (C=O) groups excluding carboxylic acids is 2. The molecule has 1 aliphatic carbocycles. The predicted molar refractivity (Wildman–Crippen MR) is 70.3 cm³/mol. The Morgan fingerprint density at radius 3 is 2.28 bits per heavy atom. The number of nitrogens with one attached hydrogen (secondary N) is 1. The van der Waals surface area contributed by atoms with Crippen LogP contribution in [0.5, 0.6) is 0 Å². The van der Waals surface area contributed by atoms with E-state index in [0.717, 1.165) is 19.3 Å². The van der Waals surface area contributed by atoms with E-state index in [1.807, 2.05) is 34.6 Å². The molecular formula is C14H25NO3. The van der Waals surface area contributed by atoms with Gasteiger partial charge in [0, 0.05) is 5.92 Å². The first-order chi connectivity index (χ1) is 8.24. The maximum atomic E-state index is 12.1. The van der Waals surface area contributed by atoms with E-state index in [4.69, 9.17) is 4.74 Å². The zero-order chi connectivity index (χ0) is 13.9. The molecule has 2 unspecified atom stereocenters. The molecule has 1 rings (SSSR count). The smallest absolute Gasteiger partial charge is 0.408 e. The van der Waals surface area contributed by atoms with Crippen LogP contribution in [0.15, 0.2) is 0 Å². The van der Waals surface area contributed by atoms with Gasteiger partial charge in [-0.15, -0.1) is 0 Å². The van der Waals surface area contributed by atoms with Crippen molar-refractivity contribution in [2.75, 3.05) is 0 Å². The number of ether oxygens (including phenoxy) is 1. The minimum Gasteiger partial charge on any atom is -0.444 e. The van der Waals surface area contributed by atoms with Crippen LogP contribution in [0.3, 0.4) is 0 Å². The second kappa shape index (κ2) is 5.72. The molecular weight excluding hydrogens is 230 g/mol. The third kappa shape index (κ3) is 4.67. The number of ketones is 1. The quantitative estimate of drug-likeness (QED) is 0.821. The minimum atomic E-state index is -0.535. The first-order valence-corrected chi connectivity index (χ1v) is 6.78. The molecule has 104 valence electrons. The van der Waals surface area contributed by atoms with Crippen molar-refractivity contribution in [2.45, 2.75) is 65.5 Å². The molecule has 18 heavy (non-hydrogen) atoms. The fourth-order valence-electron chi connectivity index (χ4n) is 1.79. The third-order valence-electron chi connectivity index (χ3n) is 3.17. The van der Waals surface area contributed by atoms with Crippen LogP contribution in [0.4, 0.5) is 4.79 Å². The standard InChI is InChI=1S/C14H25NO3/c1-6-9(2)11(12(16)10-7-8-10)15-13(17)18-14(3,4)5/h9-11H,6-8H2,1-5H3,(H,15,17). The fraction of sp³-hybridized carbons (Fsp3) is 0.857. The summed E-state index contributed by atoms with van der Waals surface area (Å²) in [5.41, 5.74) is -0.535. The summed E-state index contributed by atoms with van der Waals surface area (Å²) in [4.78, 5) is 23.9. The van der Waals surface area contributed by atoms with Crippen LogP contribution >= 0.6 is 0 Å². The van der Waals surface area contributed by atoms with Crippen molar-refractivity contribution in [2.24, 2.45) is 11.8 Å². The highest BCUT2D eigenvalue weighted by molar-refractivity contribution is 5.91. The topological polar surface area (TPSA) is 55.4 Å². The van der Waals surface area contributed by atoms with Crippen molar-refractivity contribution in [3.8, 4) is 0 Å². The normalized spacial score (nSPS) is 18.9. The number of hydrogen-bond acceptors (Lipinski definition) is 3. The van der Waals surface area contributed by atoms with Crippen LogP contribution in [-0.4, -0.2) is 23.5 Å². The minimum absolute atomic E-state index is 0.144. The molecule has 1 fully saturated rings. The number of alkyl carbamates (subject to hydrolysis) is 1. The fourth-order valence-corrected chi connectivity index (χ4v) is 1.79. The van der Waals surface area contributed by atoms with E-state index in [9.17, 15) is 9.59 Å². The molecule has 1 N–H and O–H groups in total. The monoisotopic (exact) mass is 255 g/mol. The van der Waals surface area contributed by atoms with Crippen LogP contribution in [-0.2, 0) is 9.53 Å². The molecule has 0 radical (unpaired) electrons. The van der Waals surface area contributed by atoms with E-state index in [-0.39, 0.29) is 17.6 Å². The summed E-state index contributed by atoms with van der Waals surface area (Å²) in [6, 6.07) is -0.405. The van der Waals surface area contributed by atoms with Gasteiger partial charge in [0.2, 0.25) is 0 Å². The van der Waals surface area contributed by atoms with Crippen molar-refractivity contribution in [3.05, 3.63) is 0 Å². The summed E-state index contributed by atoms with van der Waals surface area (Å²) < 4.78 is 5.21. The Morgan fingerprint density at radius 2 is 1.89 bits per heavy atom. The van der Waals surface area contributed by atoms with Crippen LogP contribution in [0, 0.1) is 11.8 Å². The lowest BCUT2D eigenvalue weighted by molar-refractivity contribution is -0.123. The van der Waals surface area contributed by atoms with Gasteiger partial charge < -0.3 is 10.1 Å². The molecule has 0 saturated heterocycles. The van der Waals surface area contributed by atoms with E-state index in [1.165, 1.54) is 0 Å². The largest absolute Gasteiger partial charge is 0.444 e. The third-order valence-corrected chi connectivity index (χ3v) is 3.17. The van der Waals surface area contributed by atoms with Crippen molar-refractivity contribution < 1.29 is 14.3 Å². The Balaban J connectivity index is 2.60. The molecule has 2 atom stereocenters. The van der Waals surface area contributed by atoms with Gasteiger partial charge in [-0.05, 0) is 39.5 Å². The van der Waals surface area contributed by atoms with Gasteiger partial charge in [-0.25, -0.2) is 4.79 Å². The van der Waals surface area contributed by atoms with E-state index in [2.05, 4.69) is 5.32 Å². The molecule has 1 saturated carbocycles. The summed E-state index contributed by atoms with van der Waals surface area (Å²) in [5, 5.41) is 2.73. The Bertz CT molecular complexity index is 315. The number of carbonyl (C=O) groups is 2. The molecule has 0 bridgehead atoms. The molecule has 1 amide bonds. The molecule has 1 aliphatic rings. The van der Waals surface area contributed by atoms with E-state index < -0.39 is 17.7 Å². The van der Waals surface area contributed by atoms with Crippen LogP contribution in [0.1, 0.15) is 53.9 Å². The Hall–Kier alpha value is -1.06.